The molecule has 1 aliphatic rings. The van der Waals surface area contributed by atoms with E-state index in [0.29, 0.717) is 16.3 Å². The third-order valence-corrected chi connectivity index (χ3v) is 4.25. The summed E-state index contributed by atoms with van der Waals surface area (Å²) in [6, 6.07) is 5.09. The van der Waals surface area contributed by atoms with Crippen molar-refractivity contribution < 1.29 is 4.79 Å². The standard InChI is InChI=1S/C15H21ClN2O.ClH/c1-2-11-4-3-8-18(9-7-11)15(19)13-6-5-12(17)10-14(13)16;/h5-6,10-11H,2-4,7-9,17H2,1H3;1H. The Kier molecular flexibility index (Phi) is 6.63. The Hall–Kier alpha value is -0.930. The van der Waals surface area contributed by atoms with E-state index in [2.05, 4.69) is 6.92 Å². The number of carbonyl (C=O) groups excluding carboxylic acids is 1. The fourth-order valence-electron chi connectivity index (χ4n) is 2.65. The van der Waals surface area contributed by atoms with E-state index in [9.17, 15) is 4.79 Å². The van der Waals surface area contributed by atoms with Crippen molar-refractivity contribution in [3.05, 3.63) is 28.8 Å². The van der Waals surface area contributed by atoms with Crippen LogP contribution in [0.5, 0.6) is 0 Å². The second-order valence-corrected chi connectivity index (χ2v) is 5.64. The van der Waals surface area contributed by atoms with Crippen molar-refractivity contribution >= 4 is 35.6 Å². The van der Waals surface area contributed by atoms with Crippen molar-refractivity contribution in [3.8, 4) is 0 Å². The van der Waals surface area contributed by atoms with Gasteiger partial charge in [0.05, 0.1) is 10.6 Å². The van der Waals surface area contributed by atoms with Gasteiger partial charge in [0.2, 0.25) is 0 Å². The molecule has 0 radical (unpaired) electrons. The number of rotatable bonds is 2. The molecule has 1 saturated heterocycles. The Labute approximate surface area is 131 Å². The average Bonchev–Trinajstić information content (AvgIpc) is 2.63. The molecule has 1 unspecified atom stereocenters. The molecule has 2 rings (SSSR count). The van der Waals surface area contributed by atoms with Gasteiger partial charge in [0.25, 0.3) is 5.91 Å². The maximum Gasteiger partial charge on any atom is 0.255 e. The molecule has 1 aromatic carbocycles. The van der Waals surface area contributed by atoms with Crippen molar-refractivity contribution in [1.29, 1.82) is 0 Å². The van der Waals surface area contributed by atoms with Crippen molar-refractivity contribution in [2.75, 3.05) is 18.8 Å². The quantitative estimate of drug-likeness (QED) is 0.838. The van der Waals surface area contributed by atoms with Gasteiger partial charge in [0.15, 0.2) is 0 Å². The summed E-state index contributed by atoms with van der Waals surface area (Å²) in [7, 11) is 0. The van der Waals surface area contributed by atoms with E-state index in [0.717, 1.165) is 31.8 Å². The van der Waals surface area contributed by atoms with Crippen molar-refractivity contribution in [3.63, 3.8) is 0 Å². The number of nitrogens with two attached hydrogens (primary N) is 1. The van der Waals surface area contributed by atoms with E-state index >= 15 is 0 Å². The Morgan fingerprint density at radius 1 is 1.40 bits per heavy atom. The summed E-state index contributed by atoms with van der Waals surface area (Å²) in [5.41, 5.74) is 6.81. The van der Waals surface area contributed by atoms with Crippen LogP contribution in [0.15, 0.2) is 18.2 Å². The number of benzene rings is 1. The van der Waals surface area contributed by atoms with Gasteiger partial charge in [-0.1, -0.05) is 24.9 Å². The van der Waals surface area contributed by atoms with Gasteiger partial charge in [-0.3, -0.25) is 4.79 Å². The van der Waals surface area contributed by atoms with Gasteiger partial charge in [-0.25, -0.2) is 0 Å². The highest BCUT2D eigenvalue weighted by atomic mass is 35.5. The Morgan fingerprint density at radius 3 is 2.80 bits per heavy atom. The van der Waals surface area contributed by atoms with Crippen molar-refractivity contribution in [2.24, 2.45) is 5.92 Å². The molecule has 0 aliphatic carbocycles. The summed E-state index contributed by atoms with van der Waals surface area (Å²) >= 11 is 6.11. The lowest BCUT2D eigenvalue weighted by Gasteiger charge is -2.21. The molecule has 20 heavy (non-hydrogen) atoms. The fraction of sp³-hybridized carbons (Fsp3) is 0.533. The molecule has 5 heteroatoms. The predicted molar refractivity (Wildman–Crippen MR) is 86.6 cm³/mol. The molecule has 1 amide bonds. The number of likely N-dealkylation sites (tertiary alicyclic amines) is 1. The molecule has 0 aromatic heterocycles. The lowest BCUT2D eigenvalue weighted by Crippen LogP contribution is -2.32. The van der Waals surface area contributed by atoms with Crippen LogP contribution in [0.2, 0.25) is 5.02 Å². The molecule has 2 N–H and O–H groups in total. The number of halogens is 2. The van der Waals surface area contributed by atoms with Crippen LogP contribution in [0, 0.1) is 5.92 Å². The molecule has 0 spiro atoms. The fourth-order valence-corrected chi connectivity index (χ4v) is 2.92. The third kappa shape index (κ3) is 4.03. The van der Waals surface area contributed by atoms with Crippen LogP contribution in [-0.4, -0.2) is 23.9 Å². The maximum atomic E-state index is 12.5. The van der Waals surface area contributed by atoms with Gasteiger partial charge in [0, 0.05) is 18.8 Å². The molecular formula is C15H22Cl2N2O. The van der Waals surface area contributed by atoms with E-state index < -0.39 is 0 Å². The second kappa shape index (κ2) is 7.75. The number of amides is 1. The molecule has 112 valence electrons. The molecule has 0 bridgehead atoms. The highest BCUT2D eigenvalue weighted by Crippen LogP contribution is 2.24. The van der Waals surface area contributed by atoms with Gasteiger partial charge in [0.1, 0.15) is 0 Å². The van der Waals surface area contributed by atoms with Gasteiger partial charge < -0.3 is 10.6 Å². The highest BCUT2D eigenvalue weighted by Gasteiger charge is 2.22. The van der Waals surface area contributed by atoms with Crippen LogP contribution in [0.4, 0.5) is 5.69 Å². The third-order valence-electron chi connectivity index (χ3n) is 3.94. The lowest BCUT2D eigenvalue weighted by molar-refractivity contribution is 0.0760. The summed E-state index contributed by atoms with van der Waals surface area (Å²) < 4.78 is 0. The first-order valence-corrected chi connectivity index (χ1v) is 7.34. The summed E-state index contributed by atoms with van der Waals surface area (Å²) in [5.74, 6) is 0.779. The van der Waals surface area contributed by atoms with E-state index in [1.54, 1.807) is 18.2 Å². The minimum atomic E-state index is 0. The normalized spacial score (nSPS) is 19.1. The van der Waals surface area contributed by atoms with E-state index in [1.807, 2.05) is 4.90 Å². The molecule has 1 aliphatic heterocycles. The van der Waals surface area contributed by atoms with Crippen LogP contribution in [0.1, 0.15) is 43.0 Å². The maximum absolute atomic E-state index is 12.5. The zero-order valence-corrected chi connectivity index (χ0v) is 13.3. The Bertz CT molecular complexity index is 465. The van der Waals surface area contributed by atoms with E-state index in [1.165, 1.54) is 12.8 Å². The largest absolute Gasteiger partial charge is 0.399 e. The first kappa shape index (κ1) is 17.1. The minimum Gasteiger partial charge on any atom is -0.399 e. The van der Waals surface area contributed by atoms with Crippen LogP contribution in [0.3, 0.4) is 0 Å². The van der Waals surface area contributed by atoms with Gasteiger partial charge in [-0.2, -0.15) is 0 Å². The summed E-state index contributed by atoms with van der Waals surface area (Å²) in [5, 5.41) is 0.446. The molecule has 3 nitrogen and oxygen atoms in total. The SMILES string of the molecule is CCC1CCCN(C(=O)c2ccc(N)cc2Cl)CC1.Cl. The highest BCUT2D eigenvalue weighted by molar-refractivity contribution is 6.34. The number of anilines is 1. The summed E-state index contributed by atoms with van der Waals surface area (Å²) in [6.45, 7) is 3.88. The van der Waals surface area contributed by atoms with Crippen LogP contribution in [-0.2, 0) is 0 Å². The van der Waals surface area contributed by atoms with Gasteiger partial charge in [-0.15, -0.1) is 12.4 Å². The zero-order chi connectivity index (χ0) is 13.8. The molecule has 1 heterocycles. The molecule has 1 fully saturated rings. The monoisotopic (exact) mass is 316 g/mol. The summed E-state index contributed by atoms with van der Waals surface area (Å²) in [6.07, 6.45) is 4.59. The van der Waals surface area contributed by atoms with Crippen molar-refractivity contribution in [2.45, 2.75) is 32.6 Å². The zero-order valence-electron chi connectivity index (χ0n) is 11.8. The molecule has 1 aromatic rings. The first-order chi connectivity index (χ1) is 9.11. The van der Waals surface area contributed by atoms with E-state index in [4.69, 9.17) is 17.3 Å². The van der Waals surface area contributed by atoms with Crippen LogP contribution < -0.4 is 5.73 Å². The van der Waals surface area contributed by atoms with Crippen LogP contribution in [0.25, 0.3) is 0 Å². The molecular weight excluding hydrogens is 295 g/mol. The second-order valence-electron chi connectivity index (χ2n) is 5.24. The average molecular weight is 317 g/mol. The summed E-state index contributed by atoms with van der Waals surface area (Å²) in [4.78, 5) is 14.4. The Morgan fingerprint density at radius 2 is 2.15 bits per heavy atom. The first-order valence-electron chi connectivity index (χ1n) is 6.96. The van der Waals surface area contributed by atoms with E-state index in [-0.39, 0.29) is 18.3 Å². The topological polar surface area (TPSA) is 46.3 Å². The minimum absolute atomic E-state index is 0. The predicted octanol–water partition coefficient (Wildman–Crippen LogP) is 4.00. The smallest absolute Gasteiger partial charge is 0.255 e. The van der Waals surface area contributed by atoms with Gasteiger partial charge in [-0.05, 0) is 43.4 Å². The lowest BCUT2D eigenvalue weighted by atomic mass is 9.98. The number of nitrogen functional groups attached to an aromatic ring is 1. The van der Waals surface area contributed by atoms with Gasteiger partial charge >= 0.3 is 0 Å². The number of nitrogens with zero attached hydrogens (tertiary/aromatic N) is 1. The van der Waals surface area contributed by atoms with Crippen LogP contribution >= 0.6 is 24.0 Å². The number of hydrogen-bond acceptors (Lipinski definition) is 2. The number of carbonyl (C=O) groups is 1. The Balaban J connectivity index is 0.00000200. The molecule has 0 saturated carbocycles. The van der Waals surface area contributed by atoms with Crippen molar-refractivity contribution in [1.82, 2.24) is 4.90 Å². The molecule has 1 atom stereocenters. The number of hydrogen-bond donors (Lipinski definition) is 1.